The van der Waals surface area contributed by atoms with E-state index >= 15 is 0 Å². The van der Waals surface area contributed by atoms with Crippen molar-refractivity contribution in [3.8, 4) is 0 Å². The van der Waals surface area contributed by atoms with Gasteiger partial charge in [-0.1, -0.05) is 31.2 Å². The van der Waals surface area contributed by atoms with Gasteiger partial charge in [0.05, 0.1) is 12.3 Å². The highest BCUT2D eigenvalue weighted by molar-refractivity contribution is 7.15. The summed E-state index contributed by atoms with van der Waals surface area (Å²) >= 11 is 1.78. The molecule has 1 aliphatic heterocycles. The number of rotatable bonds is 6. The second-order valence-electron chi connectivity index (χ2n) is 5.20. The Kier molecular flexibility index (Phi) is 4.53. The molecule has 0 atom stereocenters. The maximum Gasteiger partial charge on any atom is 0.186 e. The predicted octanol–water partition coefficient (Wildman–Crippen LogP) is 2.92. The van der Waals surface area contributed by atoms with Gasteiger partial charge in [-0.15, -0.1) is 11.3 Å². The summed E-state index contributed by atoms with van der Waals surface area (Å²) in [6.45, 7) is 6.45. The largest absolute Gasteiger partial charge is 0.378 e. The Morgan fingerprint density at radius 3 is 2.62 bits per heavy atom. The first-order valence-electron chi connectivity index (χ1n) is 7.31. The molecule has 0 radical (unpaired) electrons. The molecule has 112 valence electrons. The standard InChI is InChI=1S/C16H21N3OS/c1-3-17-8-15-14(11-20-2)18-16(21-15)19-9-12-6-4-5-7-13(12)10-19/h4-7,17H,3,8-11H2,1-2H3. The van der Waals surface area contributed by atoms with Crippen molar-refractivity contribution in [3.05, 3.63) is 46.0 Å². The van der Waals surface area contributed by atoms with E-state index in [0.717, 1.165) is 37.0 Å². The number of anilines is 1. The van der Waals surface area contributed by atoms with Crippen LogP contribution in [0.2, 0.25) is 0 Å². The van der Waals surface area contributed by atoms with Crippen molar-refractivity contribution in [1.29, 1.82) is 0 Å². The van der Waals surface area contributed by atoms with Crippen molar-refractivity contribution in [2.24, 2.45) is 0 Å². The van der Waals surface area contributed by atoms with Crippen LogP contribution < -0.4 is 10.2 Å². The van der Waals surface area contributed by atoms with Gasteiger partial charge < -0.3 is 15.0 Å². The average Bonchev–Trinajstić information content (AvgIpc) is 3.09. The minimum Gasteiger partial charge on any atom is -0.378 e. The number of methoxy groups -OCH3 is 1. The molecule has 0 fully saturated rings. The van der Waals surface area contributed by atoms with E-state index in [4.69, 9.17) is 9.72 Å². The van der Waals surface area contributed by atoms with Crippen LogP contribution in [0.1, 0.15) is 28.6 Å². The fraction of sp³-hybridized carbons (Fsp3) is 0.438. The summed E-state index contributed by atoms with van der Waals surface area (Å²) in [6.07, 6.45) is 0. The monoisotopic (exact) mass is 303 g/mol. The summed E-state index contributed by atoms with van der Waals surface area (Å²) in [6, 6.07) is 8.63. The highest BCUT2D eigenvalue weighted by atomic mass is 32.1. The zero-order valence-corrected chi connectivity index (χ0v) is 13.4. The quantitative estimate of drug-likeness (QED) is 0.890. The third kappa shape index (κ3) is 3.10. The van der Waals surface area contributed by atoms with Gasteiger partial charge in [-0.25, -0.2) is 4.98 Å². The van der Waals surface area contributed by atoms with Crippen LogP contribution >= 0.6 is 11.3 Å². The van der Waals surface area contributed by atoms with Crippen molar-refractivity contribution in [1.82, 2.24) is 10.3 Å². The van der Waals surface area contributed by atoms with E-state index in [9.17, 15) is 0 Å². The molecule has 0 saturated heterocycles. The predicted molar refractivity (Wildman–Crippen MR) is 86.5 cm³/mol. The summed E-state index contributed by atoms with van der Waals surface area (Å²) in [5.74, 6) is 0. The van der Waals surface area contributed by atoms with Crippen molar-refractivity contribution in [2.75, 3.05) is 18.6 Å². The third-order valence-corrected chi connectivity index (χ3v) is 4.85. The number of nitrogens with one attached hydrogen (secondary N) is 1. The number of ether oxygens (including phenoxy) is 1. The third-order valence-electron chi connectivity index (χ3n) is 3.69. The molecule has 1 aromatic heterocycles. The second kappa shape index (κ2) is 6.56. The van der Waals surface area contributed by atoms with Gasteiger partial charge in [-0.3, -0.25) is 0 Å². The molecular formula is C16H21N3OS. The molecule has 2 heterocycles. The SMILES string of the molecule is CCNCc1sc(N2Cc3ccccc3C2)nc1COC. The highest BCUT2D eigenvalue weighted by Crippen LogP contribution is 2.33. The summed E-state index contributed by atoms with van der Waals surface area (Å²) in [5, 5.41) is 4.48. The van der Waals surface area contributed by atoms with Crippen LogP contribution in [0.25, 0.3) is 0 Å². The topological polar surface area (TPSA) is 37.4 Å². The maximum atomic E-state index is 5.28. The number of benzene rings is 1. The van der Waals surface area contributed by atoms with Crippen LogP contribution in [0.4, 0.5) is 5.13 Å². The maximum absolute atomic E-state index is 5.28. The molecule has 2 aromatic rings. The van der Waals surface area contributed by atoms with Crippen LogP contribution in [-0.4, -0.2) is 18.6 Å². The van der Waals surface area contributed by atoms with Crippen LogP contribution in [0, 0.1) is 0 Å². The van der Waals surface area contributed by atoms with Crippen molar-refractivity contribution < 1.29 is 4.74 Å². The number of fused-ring (bicyclic) bond motifs is 1. The van der Waals surface area contributed by atoms with Gasteiger partial charge in [0.15, 0.2) is 5.13 Å². The Hall–Kier alpha value is -1.43. The van der Waals surface area contributed by atoms with E-state index < -0.39 is 0 Å². The summed E-state index contributed by atoms with van der Waals surface area (Å²) in [4.78, 5) is 8.43. The zero-order valence-electron chi connectivity index (χ0n) is 12.6. The van der Waals surface area contributed by atoms with E-state index in [2.05, 4.69) is 41.4 Å². The first-order chi connectivity index (χ1) is 10.3. The molecule has 0 amide bonds. The summed E-state index contributed by atoms with van der Waals surface area (Å²) in [5.41, 5.74) is 3.89. The number of nitrogens with zero attached hydrogens (tertiary/aromatic N) is 2. The van der Waals surface area contributed by atoms with Crippen LogP contribution in [0.5, 0.6) is 0 Å². The molecule has 5 heteroatoms. The van der Waals surface area contributed by atoms with Gasteiger partial charge in [-0.05, 0) is 17.7 Å². The van der Waals surface area contributed by atoms with Crippen molar-refractivity contribution >= 4 is 16.5 Å². The van der Waals surface area contributed by atoms with E-state index in [1.807, 2.05) is 0 Å². The number of thiazole rings is 1. The van der Waals surface area contributed by atoms with E-state index in [1.165, 1.54) is 16.0 Å². The smallest absolute Gasteiger partial charge is 0.186 e. The Labute approximate surface area is 129 Å². The molecule has 0 spiro atoms. The fourth-order valence-corrected chi connectivity index (χ4v) is 3.63. The minimum atomic E-state index is 0.581. The van der Waals surface area contributed by atoms with E-state index in [-0.39, 0.29) is 0 Å². The van der Waals surface area contributed by atoms with Gasteiger partial charge in [0.1, 0.15) is 0 Å². The van der Waals surface area contributed by atoms with Gasteiger partial charge in [0.2, 0.25) is 0 Å². The lowest BCUT2D eigenvalue weighted by molar-refractivity contribution is 0.181. The van der Waals surface area contributed by atoms with Crippen molar-refractivity contribution in [2.45, 2.75) is 33.2 Å². The Morgan fingerprint density at radius 1 is 1.29 bits per heavy atom. The number of hydrogen-bond acceptors (Lipinski definition) is 5. The minimum absolute atomic E-state index is 0.581. The molecule has 0 aliphatic carbocycles. The molecule has 4 nitrogen and oxygen atoms in total. The molecular weight excluding hydrogens is 282 g/mol. The molecule has 0 unspecified atom stereocenters. The molecule has 1 N–H and O–H groups in total. The number of hydrogen-bond donors (Lipinski definition) is 1. The fourth-order valence-electron chi connectivity index (χ4n) is 2.60. The molecule has 1 aliphatic rings. The van der Waals surface area contributed by atoms with Gasteiger partial charge in [-0.2, -0.15) is 0 Å². The first kappa shape index (κ1) is 14.5. The molecule has 0 saturated carbocycles. The van der Waals surface area contributed by atoms with Crippen molar-refractivity contribution in [3.63, 3.8) is 0 Å². The lowest BCUT2D eigenvalue weighted by atomic mass is 10.1. The molecule has 0 bridgehead atoms. The molecule has 21 heavy (non-hydrogen) atoms. The van der Waals surface area contributed by atoms with Gasteiger partial charge in [0, 0.05) is 31.6 Å². The average molecular weight is 303 g/mol. The Morgan fingerprint density at radius 2 is 2.00 bits per heavy atom. The zero-order chi connectivity index (χ0) is 14.7. The second-order valence-corrected chi connectivity index (χ2v) is 6.27. The van der Waals surface area contributed by atoms with Crippen LogP contribution in [-0.2, 0) is 31.0 Å². The first-order valence-corrected chi connectivity index (χ1v) is 8.13. The number of aromatic nitrogens is 1. The summed E-state index contributed by atoms with van der Waals surface area (Å²) in [7, 11) is 1.72. The lowest BCUT2D eigenvalue weighted by Crippen LogP contribution is -2.14. The Balaban J connectivity index is 1.80. The molecule has 3 rings (SSSR count). The molecule has 1 aromatic carbocycles. The van der Waals surface area contributed by atoms with Crippen LogP contribution in [0.3, 0.4) is 0 Å². The van der Waals surface area contributed by atoms with Gasteiger partial charge in [0.25, 0.3) is 0 Å². The van der Waals surface area contributed by atoms with Gasteiger partial charge >= 0.3 is 0 Å². The Bertz CT molecular complexity index is 586. The van der Waals surface area contributed by atoms with E-state index in [0.29, 0.717) is 6.61 Å². The van der Waals surface area contributed by atoms with E-state index in [1.54, 1.807) is 18.4 Å². The van der Waals surface area contributed by atoms with Crippen LogP contribution in [0.15, 0.2) is 24.3 Å². The summed E-state index contributed by atoms with van der Waals surface area (Å²) < 4.78 is 5.28. The highest BCUT2D eigenvalue weighted by Gasteiger charge is 2.22. The lowest BCUT2D eigenvalue weighted by Gasteiger charge is -2.12. The normalized spacial score (nSPS) is 13.7.